The number of hydrogen-bond donors (Lipinski definition) is 2. The van der Waals surface area contributed by atoms with Gasteiger partial charge in [-0.25, -0.2) is 5.84 Å². The lowest BCUT2D eigenvalue weighted by Crippen LogP contribution is -2.33. The van der Waals surface area contributed by atoms with Gasteiger partial charge in [-0.15, -0.1) is 0 Å². The Hall–Kier alpha value is -2.86. The summed E-state index contributed by atoms with van der Waals surface area (Å²) in [5, 5.41) is 11.0. The molecule has 0 radical (unpaired) electrons. The lowest BCUT2D eigenvalue weighted by molar-refractivity contribution is -0.130. The Kier molecular flexibility index (Phi) is 5.32. The zero-order valence-electron chi connectivity index (χ0n) is 12.7. The fourth-order valence-electron chi connectivity index (χ4n) is 1.97. The van der Waals surface area contributed by atoms with E-state index in [1.807, 2.05) is 6.07 Å². The first-order chi connectivity index (χ1) is 11.0. The largest absolute Gasteiger partial charge is 0.507 e. The van der Waals surface area contributed by atoms with Crippen LogP contribution in [0.25, 0.3) is 0 Å². The van der Waals surface area contributed by atoms with Crippen molar-refractivity contribution >= 4 is 11.7 Å². The summed E-state index contributed by atoms with van der Waals surface area (Å²) < 4.78 is 5.37. The molecule has 0 aliphatic carbocycles. The van der Waals surface area contributed by atoms with Gasteiger partial charge in [0.15, 0.2) is 5.78 Å². The van der Waals surface area contributed by atoms with Crippen molar-refractivity contribution < 1.29 is 19.4 Å². The highest BCUT2D eigenvalue weighted by atomic mass is 16.5. The topological polar surface area (TPSA) is 92.9 Å². The quantitative estimate of drug-likeness (QED) is 0.366. The fourth-order valence-corrected chi connectivity index (χ4v) is 1.97. The number of ether oxygens (including phenoxy) is 1. The highest BCUT2D eigenvalue weighted by Crippen LogP contribution is 2.26. The minimum absolute atomic E-state index is 0.123. The summed E-state index contributed by atoms with van der Waals surface area (Å²) in [5.41, 5.74) is 0.689. The second-order valence-electron chi connectivity index (χ2n) is 4.98. The minimum atomic E-state index is -0.269. The van der Waals surface area contributed by atoms with Gasteiger partial charge in [0.25, 0.3) is 0 Å². The van der Waals surface area contributed by atoms with Crippen LogP contribution in [0, 0.1) is 0 Å². The first kappa shape index (κ1) is 16.5. The van der Waals surface area contributed by atoms with E-state index in [1.54, 1.807) is 30.3 Å². The van der Waals surface area contributed by atoms with E-state index >= 15 is 0 Å². The predicted octanol–water partition coefficient (Wildman–Crippen LogP) is 1.72. The van der Waals surface area contributed by atoms with E-state index in [0.29, 0.717) is 11.3 Å². The first-order valence-corrected chi connectivity index (χ1v) is 7.06. The molecule has 120 valence electrons. The molecule has 0 saturated carbocycles. The molecular formula is C17H18N2O4. The molecule has 0 bridgehead atoms. The van der Waals surface area contributed by atoms with Crippen molar-refractivity contribution in [2.24, 2.45) is 5.84 Å². The molecule has 0 aromatic heterocycles. The maximum Gasteiger partial charge on any atom is 0.239 e. The summed E-state index contributed by atoms with van der Waals surface area (Å²) in [7, 11) is 1.46. The number of carbonyl (C=O) groups excluding carboxylic acids is 2. The van der Waals surface area contributed by atoms with Crippen LogP contribution >= 0.6 is 0 Å². The summed E-state index contributed by atoms with van der Waals surface area (Å²) in [5.74, 6) is 4.98. The van der Waals surface area contributed by atoms with Gasteiger partial charge in [-0.05, 0) is 12.1 Å². The number of hydrazine groups is 1. The number of aromatic hydroxyl groups is 1. The van der Waals surface area contributed by atoms with Crippen LogP contribution in [0.5, 0.6) is 11.5 Å². The third kappa shape index (κ3) is 4.31. The molecule has 0 spiro atoms. The van der Waals surface area contributed by atoms with Crippen LogP contribution in [0.2, 0.25) is 0 Å². The van der Waals surface area contributed by atoms with E-state index in [2.05, 4.69) is 0 Å². The van der Waals surface area contributed by atoms with Crippen LogP contribution in [0.3, 0.4) is 0 Å². The molecule has 0 saturated heterocycles. The van der Waals surface area contributed by atoms with Crippen LogP contribution < -0.4 is 10.6 Å². The molecule has 0 fully saturated rings. The summed E-state index contributed by atoms with van der Waals surface area (Å²) in [6, 6.07) is 13.1. The molecule has 2 aromatic carbocycles. The third-order valence-electron chi connectivity index (χ3n) is 3.23. The number of nitrogens with zero attached hydrogens (tertiary/aromatic N) is 1. The number of ketones is 1. The van der Waals surface area contributed by atoms with Crippen LogP contribution in [-0.2, 0) is 4.79 Å². The van der Waals surface area contributed by atoms with Crippen molar-refractivity contribution in [3.63, 3.8) is 0 Å². The van der Waals surface area contributed by atoms with E-state index in [4.69, 9.17) is 10.6 Å². The molecule has 0 aliphatic rings. The third-order valence-corrected chi connectivity index (χ3v) is 3.23. The Labute approximate surface area is 134 Å². The van der Waals surface area contributed by atoms with Crippen molar-refractivity contribution in [1.29, 1.82) is 0 Å². The van der Waals surface area contributed by atoms with E-state index in [0.717, 1.165) is 5.01 Å². The van der Waals surface area contributed by atoms with E-state index in [1.165, 1.54) is 19.2 Å². The predicted molar refractivity (Wildman–Crippen MR) is 85.1 cm³/mol. The average molecular weight is 314 g/mol. The van der Waals surface area contributed by atoms with Crippen LogP contribution in [-0.4, -0.2) is 35.5 Å². The standard InChI is InChI=1S/C17H18N2O4/c1-19(18)16(21)9-10-23-13-7-8-14(15(20)11-13)17(22)12-5-3-2-4-6-12/h2-8,11,20H,9-10,18H2,1H3. The van der Waals surface area contributed by atoms with Gasteiger partial charge in [0.1, 0.15) is 11.5 Å². The summed E-state index contributed by atoms with van der Waals surface area (Å²) in [4.78, 5) is 23.6. The number of benzene rings is 2. The molecule has 2 rings (SSSR count). The lowest BCUT2D eigenvalue weighted by Gasteiger charge is -2.11. The normalized spacial score (nSPS) is 10.2. The number of amides is 1. The van der Waals surface area contributed by atoms with Crippen molar-refractivity contribution in [2.45, 2.75) is 6.42 Å². The van der Waals surface area contributed by atoms with E-state index in [9.17, 15) is 14.7 Å². The van der Waals surface area contributed by atoms with Gasteiger partial charge < -0.3 is 9.84 Å². The van der Waals surface area contributed by atoms with Crippen molar-refractivity contribution in [3.05, 3.63) is 59.7 Å². The second kappa shape index (κ2) is 7.42. The lowest BCUT2D eigenvalue weighted by atomic mass is 10.0. The Bertz CT molecular complexity index is 699. The number of phenols is 1. The van der Waals surface area contributed by atoms with E-state index in [-0.39, 0.29) is 36.0 Å². The summed E-state index contributed by atoms with van der Waals surface area (Å²) >= 11 is 0. The summed E-state index contributed by atoms with van der Waals surface area (Å²) in [6.07, 6.45) is 0.123. The average Bonchev–Trinajstić information content (AvgIpc) is 2.55. The van der Waals surface area contributed by atoms with Crippen molar-refractivity contribution in [1.82, 2.24) is 5.01 Å². The Morgan fingerprint density at radius 3 is 2.48 bits per heavy atom. The van der Waals surface area contributed by atoms with Gasteiger partial charge in [-0.1, -0.05) is 30.3 Å². The van der Waals surface area contributed by atoms with Gasteiger partial charge in [0.2, 0.25) is 5.91 Å². The molecule has 23 heavy (non-hydrogen) atoms. The molecule has 2 aromatic rings. The number of nitrogens with two attached hydrogens (primary N) is 1. The Balaban J connectivity index is 2.03. The number of hydrogen-bond acceptors (Lipinski definition) is 5. The number of rotatable bonds is 6. The molecule has 3 N–H and O–H groups in total. The summed E-state index contributed by atoms with van der Waals surface area (Å²) in [6.45, 7) is 0.131. The maximum atomic E-state index is 12.3. The highest BCUT2D eigenvalue weighted by Gasteiger charge is 2.14. The Morgan fingerprint density at radius 2 is 1.87 bits per heavy atom. The molecule has 0 heterocycles. The zero-order chi connectivity index (χ0) is 16.8. The van der Waals surface area contributed by atoms with Gasteiger partial charge in [-0.3, -0.25) is 14.6 Å². The second-order valence-corrected chi connectivity index (χ2v) is 4.98. The molecular weight excluding hydrogens is 296 g/mol. The Morgan fingerprint density at radius 1 is 1.17 bits per heavy atom. The monoisotopic (exact) mass is 314 g/mol. The smallest absolute Gasteiger partial charge is 0.239 e. The van der Waals surface area contributed by atoms with Gasteiger partial charge in [0.05, 0.1) is 18.6 Å². The molecule has 6 heteroatoms. The van der Waals surface area contributed by atoms with Gasteiger partial charge in [-0.2, -0.15) is 0 Å². The molecule has 1 amide bonds. The maximum absolute atomic E-state index is 12.3. The first-order valence-electron chi connectivity index (χ1n) is 7.06. The van der Waals surface area contributed by atoms with Crippen molar-refractivity contribution in [2.75, 3.05) is 13.7 Å². The van der Waals surface area contributed by atoms with E-state index < -0.39 is 0 Å². The highest BCUT2D eigenvalue weighted by molar-refractivity contribution is 6.10. The van der Waals surface area contributed by atoms with Gasteiger partial charge >= 0.3 is 0 Å². The number of phenolic OH excluding ortho intramolecular Hbond substituents is 1. The minimum Gasteiger partial charge on any atom is -0.507 e. The SMILES string of the molecule is CN(N)C(=O)CCOc1ccc(C(=O)c2ccccc2)c(O)c1. The zero-order valence-corrected chi connectivity index (χ0v) is 12.7. The van der Waals surface area contributed by atoms with Gasteiger partial charge in [0, 0.05) is 18.7 Å². The molecule has 0 atom stereocenters. The molecule has 0 unspecified atom stereocenters. The molecule has 0 aliphatic heterocycles. The molecule has 6 nitrogen and oxygen atoms in total. The number of carbonyl (C=O) groups is 2. The van der Waals surface area contributed by atoms with Crippen LogP contribution in [0.1, 0.15) is 22.3 Å². The van der Waals surface area contributed by atoms with Crippen molar-refractivity contribution in [3.8, 4) is 11.5 Å². The van der Waals surface area contributed by atoms with Crippen LogP contribution in [0.15, 0.2) is 48.5 Å². The van der Waals surface area contributed by atoms with Crippen LogP contribution in [0.4, 0.5) is 0 Å². The fraction of sp³-hybridized carbons (Fsp3) is 0.176.